The summed E-state index contributed by atoms with van der Waals surface area (Å²) in [7, 11) is 0. The first-order chi connectivity index (χ1) is 8.70. The largest absolute Gasteiger partial charge is 0.466 e. The Morgan fingerprint density at radius 3 is 2.72 bits per heavy atom. The van der Waals surface area contributed by atoms with Gasteiger partial charge in [0.25, 0.3) is 0 Å². The minimum atomic E-state index is -1.02. The number of aliphatic hydroxyl groups is 1. The van der Waals surface area contributed by atoms with Crippen LogP contribution in [0, 0.1) is 11.8 Å². The molecule has 4 heteroatoms. The summed E-state index contributed by atoms with van der Waals surface area (Å²) in [5, 5.41) is 13.6. The van der Waals surface area contributed by atoms with E-state index in [9.17, 15) is 9.90 Å². The van der Waals surface area contributed by atoms with Gasteiger partial charge >= 0.3 is 0 Å². The van der Waals surface area contributed by atoms with Crippen LogP contribution in [0.5, 0.6) is 0 Å². The van der Waals surface area contributed by atoms with Crippen molar-refractivity contribution in [3.05, 3.63) is 24.2 Å². The van der Waals surface area contributed by atoms with Crippen molar-refractivity contribution in [1.82, 2.24) is 5.32 Å². The lowest BCUT2D eigenvalue weighted by atomic mass is 9.84. The first-order valence-electron chi connectivity index (χ1n) is 6.74. The van der Waals surface area contributed by atoms with Crippen molar-refractivity contribution in [2.24, 2.45) is 11.8 Å². The van der Waals surface area contributed by atoms with E-state index in [2.05, 4.69) is 5.32 Å². The molecular formula is C14H19NO3. The van der Waals surface area contributed by atoms with Gasteiger partial charge in [0.1, 0.15) is 11.4 Å². The Balaban J connectivity index is 1.65. The third kappa shape index (κ3) is 2.05. The van der Waals surface area contributed by atoms with E-state index < -0.39 is 5.60 Å². The van der Waals surface area contributed by atoms with Crippen molar-refractivity contribution in [2.75, 3.05) is 6.54 Å². The molecule has 98 valence electrons. The normalized spacial score (nSPS) is 23.2. The Morgan fingerprint density at radius 2 is 2.22 bits per heavy atom. The molecule has 1 atom stereocenters. The Morgan fingerprint density at radius 1 is 1.44 bits per heavy atom. The number of rotatable bonds is 5. The zero-order valence-corrected chi connectivity index (χ0v) is 10.4. The van der Waals surface area contributed by atoms with Gasteiger partial charge in [0.15, 0.2) is 0 Å². The summed E-state index contributed by atoms with van der Waals surface area (Å²) in [6, 6.07) is 3.56. The number of carbonyl (C=O) groups is 1. The van der Waals surface area contributed by atoms with E-state index in [1.165, 1.54) is 0 Å². The first-order valence-corrected chi connectivity index (χ1v) is 6.74. The van der Waals surface area contributed by atoms with Gasteiger partial charge in [-0.25, -0.2) is 0 Å². The molecule has 2 aliphatic rings. The monoisotopic (exact) mass is 249 g/mol. The smallest absolute Gasteiger partial charge is 0.223 e. The highest BCUT2D eigenvalue weighted by Crippen LogP contribution is 2.45. The number of hydrogen-bond donors (Lipinski definition) is 2. The second kappa shape index (κ2) is 4.43. The van der Waals surface area contributed by atoms with Gasteiger partial charge in [-0.1, -0.05) is 6.42 Å². The quantitative estimate of drug-likeness (QED) is 0.836. The van der Waals surface area contributed by atoms with Crippen molar-refractivity contribution < 1.29 is 14.3 Å². The number of nitrogens with one attached hydrogen (secondary N) is 1. The van der Waals surface area contributed by atoms with Crippen LogP contribution in [-0.2, 0) is 10.4 Å². The summed E-state index contributed by atoms with van der Waals surface area (Å²) < 4.78 is 5.33. The standard InChI is InChI=1S/C14H19NO3/c16-13(10-3-1-4-10)15-9-14(17,11-6-7-11)12-5-2-8-18-12/h2,5,8,10-11,17H,1,3-4,6-7,9H2,(H,15,16)/t14-/m1/s1. The zero-order chi connectivity index (χ0) is 12.6. The highest BCUT2D eigenvalue weighted by molar-refractivity contribution is 5.79. The van der Waals surface area contributed by atoms with Crippen LogP contribution in [0.1, 0.15) is 37.9 Å². The molecule has 18 heavy (non-hydrogen) atoms. The summed E-state index contributed by atoms with van der Waals surface area (Å²) in [5.41, 5.74) is -1.02. The molecular weight excluding hydrogens is 230 g/mol. The molecule has 0 saturated heterocycles. The van der Waals surface area contributed by atoms with Crippen LogP contribution in [0.4, 0.5) is 0 Å². The molecule has 2 saturated carbocycles. The maximum absolute atomic E-state index is 11.8. The van der Waals surface area contributed by atoms with E-state index in [-0.39, 0.29) is 24.3 Å². The molecule has 0 unspecified atom stereocenters. The third-order valence-corrected chi connectivity index (χ3v) is 4.21. The topological polar surface area (TPSA) is 62.5 Å². The lowest BCUT2D eigenvalue weighted by molar-refractivity contribution is -0.129. The molecule has 4 nitrogen and oxygen atoms in total. The summed E-state index contributed by atoms with van der Waals surface area (Å²) in [4.78, 5) is 11.8. The molecule has 1 aromatic rings. The third-order valence-electron chi connectivity index (χ3n) is 4.21. The molecule has 1 heterocycles. The Bertz CT molecular complexity index is 420. The highest BCUT2D eigenvalue weighted by Gasteiger charge is 2.47. The van der Waals surface area contributed by atoms with Gasteiger partial charge in [-0.05, 0) is 43.7 Å². The molecule has 1 amide bonds. The molecule has 1 aromatic heterocycles. The van der Waals surface area contributed by atoms with Crippen LogP contribution in [-0.4, -0.2) is 17.6 Å². The molecule has 0 radical (unpaired) electrons. The van der Waals surface area contributed by atoms with Crippen LogP contribution >= 0.6 is 0 Å². The van der Waals surface area contributed by atoms with Gasteiger partial charge in [-0.15, -0.1) is 0 Å². The second-order valence-corrected chi connectivity index (χ2v) is 5.52. The van der Waals surface area contributed by atoms with Crippen molar-refractivity contribution in [3.8, 4) is 0 Å². The van der Waals surface area contributed by atoms with Crippen molar-refractivity contribution >= 4 is 5.91 Å². The van der Waals surface area contributed by atoms with Crippen LogP contribution in [0.2, 0.25) is 0 Å². The maximum Gasteiger partial charge on any atom is 0.223 e. The molecule has 3 rings (SSSR count). The maximum atomic E-state index is 11.8. The summed E-state index contributed by atoms with van der Waals surface area (Å²) in [6.07, 6.45) is 6.66. The molecule has 0 aliphatic heterocycles. The van der Waals surface area contributed by atoms with Gasteiger partial charge in [-0.3, -0.25) is 4.79 Å². The molecule has 0 aromatic carbocycles. The van der Waals surface area contributed by atoms with E-state index in [1.54, 1.807) is 18.4 Å². The summed E-state index contributed by atoms with van der Waals surface area (Å²) >= 11 is 0. The fourth-order valence-corrected chi connectivity index (χ4v) is 2.56. The van der Waals surface area contributed by atoms with E-state index in [0.29, 0.717) is 5.76 Å². The molecule has 2 N–H and O–H groups in total. The lowest BCUT2D eigenvalue weighted by Gasteiger charge is -2.29. The van der Waals surface area contributed by atoms with E-state index in [0.717, 1.165) is 32.1 Å². The van der Waals surface area contributed by atoms with E-state index >= 15 is 0 Å². The average Bonchev–Trinajstić information content (AvgIpc) is 3.00. The van der Waals surface area contributed by atoms with Gasteiger partial charge in [0.05, 0.1) is 12.8 Å². The molecule has 2 aliphatic carbocycles. The minimum absolute atomic E-state index is 0.0758. The number of furan rings is 1. The average molecular weight is 249 g/mol. The summed E-state index contributed by atoms with van der Waals surface area (Å²) in [5.74, 6) is 1.01. The van der Waals surface area contributed by atoms with Crippen molar-refractivity contribution in [2.45, 2.75) is 37.7 Å². The van der Waals surface area contributed by atoms with Crippen molar-refractivity contribution in [1.29, 1.82) is 0 Å². The zero-order valence-electron chi connectivity index (χ0n) is 10.4. The highest BCUT2D eigenvalue weighted by atomic mass is 16.4. The van der Waals surface area contributed by atoms with E-state index in [4.69, 9.17) is 4.42 Å². The molecule has 0 bridgehead atoms. The van der Waals surface area contributed by atoms with Gasteiger partial charge in [0, 0.05) is 5.92 Å². The second-order valence-electron chi connectivity index (χ2n) is 5.52. The van der Waals surface area contributed by atoms with Crippen LogP contribution in [0.15, 0.2) is 22.8 Å². The fourth-order valence-electron chi connectivity index (χ4n) is 2.56. The Kier molecular flexibility index (Phi) is 2.90. The lowest BCUT2D eigenvalue weighted by Crippen LogP contribution is -2.45. The summed E-state index contributed by atoms with van der Waals surface area (Å²) in [6.45, 7) is 0.264. The van der Waals surface area contributed by atoms with E-state index in [1.807, 2.05) is 0 Å². The predicted octanol–water partition coefficient (Wildman–Crippen LogP) is 1.79. The van der Waals surface area contributed by atoms with Crippen LogP contribution in [0.3, 0.4) is 0 Å². The van der Waals surface area contributed by atoms with Crippen molar-refractivity contribution in [3.63, 3.8) is 0 Å². The van der Waals surface area contributed by atoms with Gasteiger partial charge in [-0.2, -0.15) is 0 Å². The molecule has 0 spiro atoms. The number of amides is 1. The Labute approximate surface area is 106 Å². The van der Waals surface area contributed by atoms with Gasteiger partial charge in [0.2, 0.25) is 5.91 Å². The number of hydrogen-bond acceptors (Lipinski definition) is 3. The molecule has 2 fully saturated rings. The van der Waals surface area contributed by atoms with Crippen LogP contribution < -0.4 is 5.32 Å². The first kappa shape index (κ1) is 11.8. The Hall–Kier alpha value is -1.29. The SMILES string of the molecule is O=C(NC[C@](O)(c1ccco1)C1CC1)C1CCC1. The van der Waals surface area contributed by atoms with Gasteiger partial charge < -0.3 is 14.8 Å². The van der Waals surface area contributed by atoms with Crippen LogP contribution in [0.25, 0.3) is 0 Å². The predicted molar refractivity (Wildman–Crippen MR) is 65.7 cm³/mol. The number of carbonyl (C=O) groups excluding carboxylic acids is 1. The fraction of sp³-hybridized carbons (Fsp3) is 0.643. The minimum Gasteiger partial charge on any atom is -0.466 e.